The average Bonchev–Trinajstić information content (AvgIpc) is 2.83. The SMILES string of the molecule is Clc1ccc(C#CC#Cc2ccc(Cl)s2)s1. The maximum Gasteiger partial charge on any atom is 0.0941 e. The number of hydrogen-bond acceptors (Lipinski definition) is 2. The molecule has 78 valence electrons. The normalized spacial score (nSPS) is 8.88. The molecule has 16 heavy (non-hydrogen) atoms. The number of thiophene rings is 2. The minimum atomic E-state index is 0.738. The summed E-state index contributed by atoms with van der Waals surface area (Å²) in [5, 5.41) is 0. The van der Waals surface area contributed by atoms with Crippen LogP contribution in [0.15, 0.2) is 24.3 Å². The second-order valence-corrected chi connectivity index (χ2v) is 6.14. The van der Waals surface area contributed by atoms with E-state index in [0.717, 1.165) is 18.4 Å². The molecule has 2 aromatic heterocycles. The smallest absolute Gasteiger partial charge is 0.0941 e. The van der Waals surface area contributed by atoms with Crippen molar-refractivity contribution in [3.8, 4) is 23.7 Å². The standard InChI is InChI=1S/C12H4Cl2S2/c13-11-7-5-9(15-11)3-1-2-4-10-6-8-12(14)16-10/h5-8H. The Morgan fingerprint density at radius 3 is 1.50 bits per heavy atom. The second-order valence-electron chi connectivity index (χ2n) is 2.71. The zero-order valence-corrected chi connectivity index (χ0v) is 11.0. The van der Waals surface area contributed by atoms with Crippen LogP contribution in [0, 0.1) is 23.7 Å². The summed E-state index contributed by atoms with van der Waals surface area (Å²) in [7, 11) is 0. The van der Waals surface area contributed by atoms with E-state index in [1.807, 2.05) is 24.3 Å². The molecule has 2 aromatic rings. The molecule has 0 aliphatic heterocycles. The molecule has 0 amide bonds. The molecule has 2 rings (SSSR count). The zero-order valence-electron chi connectivity index (χ0n) is 7.88. The molecular formula is C12H4Cl2S2. The third kappa shape index (κ3) is 3.30. The summed E-state index contributed by atoms with van der Waals surface area (Å²) in [6.07, 6.45) is 0. The van der Waals surface area contributed by atoms with E-state index >= 15 is 0 Å². The monoisotopic (exact) mass is 282 g/mol. The van der Waals surface area contributed by atoms with Crippen LogP contribution in [0.1, 0.15) is 9.75 Å². The van der Waals surface area contributed by atoms with Crippen molar-refractivity contribution in [2.45, 2.75) is 0 Å². The molecule has 0 saturated carbocycles. The van der Waals surface area contributed by atoms with Gasteiger partial charge in [-0.1, -0.05) is 23.2 Å². The Kier molecular flexibility index (Phi) is 3.93. The number of rotatable bonds is 0. The van der Waals surface area contributed by atoms with Crippen LogP contribution in [0.2, 0.25) is 8.67 Å². The summed E-state index contributed by atoms with van der Waals surface area (Å²) in [6, 6.07) is 7.40. The van der Waals surface area contributed by atoms with Crippen molar-refractivity contribution in [1.82, 2.24) is 0 Å². The van der Waals surface area contributed by atoms with E-state index in [0.29, 0.717) is 0 Å². The summed E-state index contributed by atoms with van der Waals surface area (Å²) in [4.78, 5) is 1.84. The summed E-state index contributed by atoms with van der Waals surface area (Å²) >= 11 is 14.4. The Hall–Kier alpha value is -0.900. The molecule has 0 unspecified atom stereocenters. The van der Waals surface area contributed by atoms with Gasteiger partial charge in [0.05, 0.1) is 18.4 Å². The van der Waals surface area contributed by atoms with Crippen LogP contribution in [0.25, 0.3) is 0 Å². The Balaban J connectivity index is 2.08. The maximum atomic E-state index is 5.77. The lowest BCUT2D eigenvalue weighted by Crippen LogP contribution is -1.60. The van der Waals surface area contributed by atoms with Crippen molar-refractivity contribution in [2.24, 2.45) is 0 Å². The number of hydrogen-bond donors (Lipinski definition) is 0. The van der Waals surface area contributed by atoms with Crippen molar-refractivity contribution in [3.63, 3.8) is 0 Å². The van der Waals surface area contributed by atoms with Gasteiger partial charge in [0.2, 0.25) is 0 Å². The molecule has 0 spiro atoms. The molecule has 0 saturated heterocycles. The fourth-order valence-corrected chi connectivity index (χ4v) is 2.74. The first-order valence-electron chi connectivity index (χ1n) is 4.27. The van der Waals surface area contributed by atoms with Crippen molar-refractivity contribution >= 4 is 45.9 Å². The summed E-state index contributed by atoms with van der Waals surface area (Å²) in [5.74, 6) is 11.4. The highest BCUT2D eigenvalue weighted by Crippen LogP contribution is 2.20. The Bertz CT molecular complexity index is 558. The molecule has 0 bridgehead atoms. The van der Waals surface area contributed by atoms with Crippen molar-refractivity contribution in [1.29, 1.82) is 0 Å². The summed E-state index contributed by atoms with van der Waals surface area (Å²) in [5.41, 5.74) is 0. The highest BCUT2D eigenvalue weighted by Gasteiger charge is 1.92. The molecule has 2 heterocycles. The highest BCUT2D eigenvalue weighted by atomic mass is 35.5. The van der Waals surface area contributed by atoms with Gasteiger partial charge in [-0.15, -0.1) is 22.7 Å². The Morgan fingerprint density at radius 2 is 1.19 bits per heavy atom. The lowest BCUT2D eigenvalue weighted by molar-refractivity contribution is 1.93. The number of halogens is 2. The van der Waals surface area contributed by atoms with Gasteiger partial charge in [0, 0.05) is 0 Å². The predicted molar refractivity (Wildman–Crippen MR) is 72.4 cm³/mol. The fraction of sp³-hybridized carbons (Fsp3) is 0. The minimum absolute atomic E-state index is 0.738. The van der Waals surface area contributed by atoms with Crippen LogP contribution in [0.5, 0.6) is 0 Å². The van der Waals surface area contributed by atoms with Gasteiger partial charge in [0.15, 0.2) is 0 Å². The van der Waals surface area contributed by atoms with Gasteiger partial charge >= 0.3 is 0 Å². The van der Waals surface area contributed by atoms with Gasteiger partial charge in [0.25, 0.3) is 0 Å². The second kappa shape index (κ2) is 5.43. The van der Waals surface area contributed by atoms with Crippen LogP contribution < -0.4 is 0 Å². The molecule has 0 aliphatic carbocycles. The first-order valence-corrected chi connectivity index (χ1v) is 6.65. The maximum absolute atomic E-state index is 5.77. The third-order valence-corrected chi connectivity index (χ3v) is 3.87. The van der Waals surface area contributed by atoms with E-state index < -0.39 is 0 Å². The van der Waals surface area contributed by atoms with Crippen LogP contribution in [0.3, 0.4) is 0 Å². The molecule has 0 N–H and O–H groups in total. The van der Waals surface area contributed by atoms with Crippen molar-refractivity contribution < 1.29 is 0 Å². The molecule has 0 aromatic carbocycles. The van der Waals surface area contributed by atoms with Gasteiger partial charge < -0.3 is 0 Å². The van der Waals surface area contributed by atoms with E-state index in [1.165, 1.54) is 22.7 Å². The highest BCUT2D eigenvalue weighted by molar-refractivity contribution is 7.17. The molecule has 0 radical (unpaired) electrons. The first-order chi connectivity index (χ1) is 7.74. The van der Waals surface area contributed by atoms with Crippen LogP contribution >= 0.6 is 45.9 Å². The average molecular weight is 283 g/mol. The largest absolute Gasteiger partial charge is 0.115 e. The lowest BCUT2D eigenvalue weighted by Gasteiger charge is -1.74. The van der Waals surface area contributed by atoms with Gasteiger partial charge in [-0.2, -0.15) is 0 Å². The van der Waals surface area contributed by atoms with Crippen LogP contribution in [-0.4, -0.2) is 0 Å². The van der Waals surface area contributed by atoms with E-state index in [-0.39, 0.29) is 0 Å². The molecule has 0 fully saturated rings. The summed E-state index contributed by atoms with van der Waals surface area (Å²) < 4.78 is 1.48. The quantitative estimate of drug-likeness (QED) is 0.624. The predicted octanol–water partition coefficient (Wildman–Crippen LogP) is 4.52. The van der Waals surface area contributed by atoms with E-state index in [2.05, 4.69) is 23.7 Å². The Morgan fingerprint density at radius 1 is 0.750 bits per heavy atom. The van der Waals surface area contributed by atoms with Gasteiger partial charge in [-0.3, -0.25) is 0 Å². The van der Waals surface area contributed by atoms with E-state index in [9.17, 15) is 0 Å². The topological polar surface area (TPSA) is 0 Å². The molecular weight excluding hydrogens is 279 g/mol. The third-order valence-electron chi connectivity index (χ3n) is 1.58. The van der Waals surface area contributed by atoms with Crippen LogP contribution in [0.4, 0.5) is 0 Å². The fourth-order valence-electron chi connectivity index (χ4n) is 0.949. The first kappa shape index (κ1) is 11.6. The van der Waals surface area contributed by atoms with Gasteiger partial charge in [-0.25, -0.2) is 0 Å². The lowest BCUT2D eigenvalue weighted by atomic mass is 10.4. The zero-order chi connectivity index (χ0) is 11.4. The molecule has 0 nitrogen and oxygen atoms in total. The van der Waals surface area contributed by atoms with E-state index in [1.54, 1.807) is 0 Å². The summed E-state index contributed by atoms with van der Waals surface area (Å²) in [6.45, 7) is 0. The van der Waals surface area contributed by atoms with Crippen LogP contribution in [-0.2, 0) is 0 Å². The van der Waals surface area contributed by atoms with Crippen molar-refractivity contribution in [3.05, 3.63) is 42.7 Å². The molecule has 0 atom stereocenters. The Labute approximate surface area is 112 Å². The van der Waals surface area contributed by atoms with Gasteiger partial charge in [-0.05, 0) is 47.9 Å². The van der Waals surface area contributed by atoms with Gasteiger partial charge in [0.1, 0.15) is 0 Å². The van der Waals surface area contributed by atoms with Crippen molar-refractivity contribution in [2.75, 3.05) is 0 Å². The van der Waals surface area contributed by atoms with E-state index in [4.69, 9.17) is 23.2 Å². The molecule has 0 aliphatic rings. The molecule has 4 heteroatoms. The minimum Gasteiger partial charge on any atom is -0.115 e.